The van der Waals surface area contributed by atoms with Gasteiger partial charge in [0.2, 0.25) is 0 Å². The fourth-order valence-electron chi connectivity index (χ4n) is 1.95. The molecular weight excluding hydrogens is 453 g/mol. The molecule has 0 radical (unpaired) electrons. The van der Waals surface area contributed by atoms with Gasteiger partial charge in [-0.2, -0.15) is 0 Å². The van der Waals surface area contributed by atoms with Crippen molar-refractivity contribution in [3.8, 4) is 0 Å². The molecule has 1 aromatic rings. The summed E-state index contributed by atoms with van der Waals surface area (Å²) in [5.41, 5.74) is 5.08. The molecule has 1 aliphatic heterocycles. The van der Waals surface area contributed by atoms with Crippen LogP contribution in [0.2, 0.25) is 0 Å². The van der Waals surface area contributed by atoms with Crippen molar-refractivity contribution in [2.45, 2.75) is 24.4 Å². The number of phosphoric acid groups is 2. The van der Waals surface area contributed by atoms with E-state index in [1.54, 1.807) is 0 Å². The number of carbonyl (C=O) groups is 1. The average molecular weight is 467 g/mol. The molecule has 2 heterocycles. The first-order valence-corrected chi connectivity index (χ1v) is 11.3. The van der Waals surface area contributed by atoms with E-state index < -0.39 is 67.1 Å². The molecular formula is C9H14N2O11P2Se. The Morgan fingerprint density at radius 1 is 1.32 bits per heavy atom. The van der Waals surface area contributed by atoms with Crippen LogP contribution in [0.5, 0.6) is 0 Å². The summed E-state index contributed by atoms with van der Waals surface area (Å²) in [7, 11) is -10.4. The Kier molecular flexibility index (Phi) is 6.38. The fraction of sp³-hybridized carbons (Fsp3) is 0.556. The zero-order valence-corrected chi connectivity index (χ0v) is 15.6. The van der Waals surface area contributed by atoms with E-state index in [0.29, 0.717) is 0 Å². The molecule has 0 aliphatic carbocycles. The molecule has 1 unspecified atom stereocenters. The van der Waals surface area contributed by atoms with Gasteiger partial charge in [-0.15, -0.1) is 0 Å². The van der Waals surface area contributed by atoms with E-state index >= 15 is 0 Å². The number of amides is 1. The van der Waals surface area contributed by atoms with E-state index in [4.69, 9.17) is 20.3 Å². The molecule has 0 saturated carbocycles. The summed E-state index contributed by atoms with van der Waals surface area (Å²) >= 11 is -0.457. The topological polar surface area (TPSA) is 219 Å². The molecule has 2 rings (SSSR count). The molecule has 25 heavy (non-hydrogen) atoms. The molecule has 5 atom stereocenters. The van der Waals surface area contributed by atoms with E-state index in [1.165, 1.54) is 4.94 Å². The van der Waals surface area contributed by atoms with Gasteiger partial charge in [-0.3, -0.25) is 0 Å². The van der Waals surface area contributed by atoms with Crippen LogP contribution in [0.15, 0.2) is 4.94 Å². The predicted octanol–water partition coefficient (Wildman–Crippen LogP) is -2.37. The predicted molar refractivity (Wildman–Crippen MR) is 78.2 cm³/mol. The Bertz CT molecular complexity index is 735. The second-order valence-corrected chi connectivity index (χ2v) is 9.54. The van der Waals surface area contributed by atoms with Gasteiger partial charge in [0.1, 0.15) is 0 Å². The van der Waals surface area contributed by atoms with Crippen LogP contribution >= 0.6 is 15.6 Å². The number of aliphatic hydroxyl groups excluding tert-OH is 2. The number of ether oxygens (including phenoxy) is 1. The third-order valence-corrected chi connectivity index (χ3v) is 7.04. The molecule has 1 fully saturated rings. The number of aromatic nitrogens is 1. The van der Waals surface area contributed by atoms with E-state index in [2.05, 4.69) is 13.8 Å². The molecule has 0 bridgehead atoms. The molecule has 1 saturated heterocycles. The molecule has 7 N–H and O–H groups in total. The Morgan fingerprint density at radius 3 is 2.48 bits per heavy atom. The van der Waals surface area contributed by atoms with Crippen LogP contribution in [0.4, 0.5) is 0 Å². The van der Waals surface area contributed by atoms with Gasteiger partial charge in [0.15, 0.2) is 0 Å². The number of carbonyl (C=O) groups excluding carboxylic acids is 1. The van der Waals surface area contributed by atoms with Crippen molar-refractivity contribution < 1.29 is 52.4 Å². The quantitative estimate of drug-likeness (QED) is 0.183. The van der Waals surface area contributed by atoms with Crippen LogP contribution in [0.1, 0.15) is 21.2 Å². The SMILES string of the molecule is NC(=O)c1c[se]c([C@@H]2O[C@H](COP(=O)(O)OP(=O)(O)O)[C@@H](O)[C@H]2O)n1. The number of aliphatic hydroxyl groups is 2. The number of rotatable bonds is 7. The van der Waals surface area contributed by atoms with Gasteiger partial charge >= 0.3 is 145 Å². The van der Waals surface area contributed by atoms with Crippen molar-refractivity contribution in [1.82, 2.24) is 4.98 Å². The van der Waals surface area contributed by atoms with Gasteiger partial charge in [0, 0.05) is 0 Å². The van der Waals surface area contributed by atoms with Crippen molar-refractivity contribution in [3.63, 3.8) is 0 Å². The van der Waals surface area contributed by atoms with Crippen molar-refractivity contribution in [1.29, 1.82) is 0 Å². The number of nitrogens with two attached hydrogens (primary N) is 1. The Hall–Kier alpha value is -0.461. The third-order valence-electron chi connectivity index (χ3n) is 2.99. The third kappa shape index (κ3) is 5.51. The summed E-state index contributed by atoms with van der Waals surface area (Å²) in [5.74, 6) is -0.763. The molecule has 1 aliphatic rings. The summed E-state index contributed by atoms with van der Waals surface area (Å²) in [6, 6.07) is 0. The second kappa shape index (κ2) is 7.65. The van der Waals surface area contributed by atoms with E-state index in [1.807, 2.05) is 0 Å². The summed E-state index contributed by atoms with van der Waals surface area (Å²) in [6.45, 7) is -0.807. The first-order valence-electron chi connectivity index (χ1n) is 6.40. The van der Waals surface area contributed by atoms with E-state index in [0.717, 1.165) is 0 Å². The maximum absolute atomic E-state index is 11.4. The molecule has 13 nitrogen and oxygen atoms in total. The number of hydrogen-bond donors (Lipinski definition) is 6. The van der Waals surface area contributed by atoms with Crippen LogP contribution in [0, 0.1) is 0 Å². The average Bonchev–Trinajstić information content (AvgIpc) is 3.02. The van der Waals surface area contributed by atoms with Gasteiger partial charge in [0.25, 0.3) is 0 Å². The summed E-state index contributed by atoms with van der Waals surface area (Å²) in [4.78, 5) is 42.6. The number of phosphoric ester groups is 1. The molecule has 142 valence electrons. The van der Waals surface area contributed by atoms with Gasteiger partial charge in [-0.05, 0) is 0 Å². The number of primary amides is 1. The summed E-state index contributed by atoms with van der Waals surface area (Å²) < 4.78 is 35.5. The summed E-state index contributed by atoms with van der Waals surface area (Å²) in [6.07, 6.45) is -5.42. The van der Waals surface area contributed by atoms with Gasteiger partial charge < -0.3 is 0 Å². The number of nitrogens with zero attached hydrogens (tertiary/aromatic N) is 1. The van der Waals surface area contributed by atoms with Crippen LogP contribution in [0.3, 0.4) is 0 Å². The standard InChI is InChI=1S/C9H14N2O11P2Se/c10-8(14)3-2-25-9(11-3)7-6(13)5(12)4(21-7)1-20-24(18,19)22-23(15,16)17/h2,4-7,12-13H,1H2,(H2,10,14)(H,18,19)(H2,15,16,17)/t4-,5-,6-,7-/m1/s1. The summed E-state index contributed by atoms with van der Waals surface area (Å²) in [5, 5.41) is 19.9. The Morgan fingerprint density at radius 2 is 1.96 bits per heavy atom. The zero-order chi connectivity index (χ0) is 19.0. The molecule has 1 amide bonds. The molecule has 0 aromatic carbocycles. The fourth-order valence-corrected chi connectivity index (χ4v) is 5.40. The zero-order valence-electron chi connectivity index (χ0n) is 12.1. The monoisotopic (exact) mass is 468 g/mol. The molecule has 16 heteroatoms. The first-order chi connectivity index (χ1) is 11.4. The normalized spacial score (nSPS) is 29.5. The Balaban J connectivity index is 2.03. The van der Waals surface area contributed by atoms with Crippen LogP contribution < -0.4 is 5.73 Å². The Labute approximate surface area is 146 Å². The molecule has 0 spiro atoms. The number of hydrogen-bond acceptors (Lipinski definition) is 9. The van der Waals surface area contributed by atoms with Crippen LogP contribution in [-0.4, -0.2) is 75.2 Å². The second-order valence-electron chi connectivity index (χ2n) is 4.85. The van der Waals surface area contributed by atoms with Crippen molar-refractivity contribution in [3.05, 3.63) is 15.2 Å². The van der Waals surface area contributed by atoms with Gasteiger partial charge in [-0.25, -0.2) is 0 Å². The van der Waals surface area contributed by atoms with Crippen molar-refractivity contribution in [2.24, 2.45) is 5.73 Å². The van der Waals surface area contributed by atoms with Crippen LogP contribution in [-0.2, 0) is 22.7 Å². The van der Waals surface area contributed by atoms with Crippen molar-refractivity contribution in [2.75, 3.05) is 6.61 Å². The maximum atomic E-state index is 11.4. The van der Waals surface area contributed by atoms with Gasteiger partial charge in [0.05, 0.1) is 0 Å². The van der Waals surface area contributed by atoms with Crippen molar-refractivity contribution >= 4 is 36.1 Å². The van der Waals surface area contributed by atoms with Gasteiger partial charge in [-0.1, -0.05) is 0 Å². The minimum absolute atomic E-state index is 0.00473. The molecule has 1 aromatic heterocycles. The van der Waals surface area contributed by atoms with Crippen LogP contribution in [0.25, 0.3) is 0 Å². The van der Waals surface area contributed by atoms with E-state index in [9.17, 15) is 29.0 Å². The van der Waals surface area contributed by atoms with E-state index in [-0.39, 0.29) is 10.3 Å². The minimum atomic E-state index is -5.28. The first kappa shape index (κ1) is 20.8.